The summed E-state index contributed by atoms with van der Waals surface area (Å²) in [6.07, 6.45) is 0. The highest BCUT2D eigenvalue weighted by molar-refractivity contribution is 5.92. The summed E-state index contributed by atoms with van der Waals surface area (Å²) in [4.78, 5) is 21.6. The second kappa shape index (κ2) is 8.25. The van der Waals surface area contributed by atoms with Crippen molar-refractivity contribution in [3.8, 4) is 5.75 Å². The van der Waals surface area contributed by atoms with Crippen LogP contribution in [0.2, 0.25) is 0 Å². The zero-order valence-corrected chi connectivity index (χ0v) is 17.0. The maximum atomic E-state index is 12.5. The number of anilines is 1. The van der Waals surface area contributed by atoms with E-state index in [-0.39, 0.29) is 12.1 Å². The Morgan fingerprint density at radius 3 is 2.46 bits per heavy atom. The zero-order chi connectivity index (χ0) is 20.3. The summed E-state index contributed by atoms with van der Waals surface area (Å²) in [6, 6.07) is 11.0. The summed E-state index contributed by atoms with van der Waals surface area (Å²) in [5.41, 5.74) is 6.09. The smallest absolute Gasteiger partial charge is 0.319 e. The molecule has 1 atom stereocenters. The molecule has 0 fully saturated rings. The van der Waals surface area contributed by atoms with E-state index in [0.29, 0.717) is 12.3 Å². The highest BCUT2D eigenvalue weighted by Gasteiger charge is 2.15. The molecule has 28 heavy (non-hydrogen) atoms. The van der Waals surface area contributed by atoms with Crippen molar-refractivity contribution in [3.05, 3.63) is 58.9 Å². The van der Waals surface area contributed by atoms with Crippen LogP contribution in [0.15, 0.2) is 36.4 Å². The minimum absolute atomic E-state index is 0.202. The molecule has 1 unspecified atom stereocenters. The van der Waals surface area contributed by atoms with Crippen molar-refractivity contribution < 1.29 is 9.53 Å². The van der Waals surface area contributed by atoms with Crippen molar-refractivity contribution >= 4 is 22.8 Å². The molecule has 6 heteroatoms. The monoisotopic (exact) mass is 378 g/mol. The van der Waals surface area contributed by atoms with Crippen LogP contribution in [0.25, 0.3) is 11.0 Å². The summed E-state index contributed by atoms with van der Waals surface area (Å²) in [6.45, 7) is 10.3. The van der Waals surface area contributed by atoms with E-state index in [1.54, 1.807) is 0 Å². The number of carbonyl (C=O) groups excluding carboxylic acids is 1. The minimum atomic E-state index is -0.285. The lowest BCUT2D eigenvalue weighted by atomic mass is 10.0. The molecule has 0 aliphatic rings. The molecule has 2 aromatic carbocycles. The first kappa shape index (κ1) is 19.6. The molecule has 0 saturated heterocycles. The molecule has 6 nitrogen and oxygen atoms in total. The van der Waals surface area contributed by atoms with Crippen LogP contribution in [0.5, 0.6) is 5.75 Å². The zero-order valence-electron chi connectivity index (χ0n) is 17.0. The number of rotatable bonds is 5. The van der Waals surface area contributed by atoms with Crippen LogP contribution in [0.3, 0.4) is 0 Å². The van der Waals surface area contributed by atoms with Gasteiger partial charge < -0.3 is 15.4 Å². The quantitative estimate of drug-likeness (QED) is 0.666. The fourth-order valence-electron chi connectivity index (χ4n) is 3.04. The Hall–Kier alpha value is -3.15. The fourth-order valence-corrected chi connectivity index (χ4v) is 3.04. The van der Waals surface area contributed by atoms with Crippen LogP contribution in [-0.4, -0.2) is 22.6 Å². The minimum Gasteiger partial charge on any atom is -0.494 e. The largest absolute Gasteiger partial charge is 0.494 e. The van der Waals surface area contributed by atoms with E-state index < -0.39 is 0 Å². The molecule has 0 aliphatic carbocycles. The van der Waals surface area contributed by atoms with Gasteiger partial charge in [0.15, 0.2) is 0 Å². The number of hydrogen-bond acceptors (Lipinski definition) is 4. The molecule has 3 aromatic rings. The Bertz CT molecular complexity index is 1020. The SMILES string of the molecule is CCOc1ccc(C)cc1C(C)NC(=O)Nc1ccc2nc(C)c(C)nc2c1. The van der Waals surface area contributed by atoms with Gasteiger partial charge in [0, 0.05) is 11.3 Å². The lowest BCUT2D eigenvalue weighted by Crippen LogP contribution is -2.31. The van der Waals surface area contributed by atoms with Crippen LogP contribution < -0.4 is 15.4 Å². The summed E-state index contributed by atoms with van der Waals surface area (Å²) in [5.74, 6) is 0.785. The third-order valence-electron chi connectivity index (χ3n) is 4.61. The summed E-state index contributed by atoms with van der Waals surface area (Å²) in [5, 5.41) is 5.85. The highest BCUT2D eigenvalue weighted by atomic mass is 16.5. The van der Waals surface area contributed by atoms with Gasteiger partial charge in [0.05, 0.1) is 35.1 Å². The van der Waals surface area contributed by atoms with E-state index in [4.69, 9.17) is 4.74 Å². The average molecular weight is 378 g/mol. The Morgan fingerprint density at radius 2 is 1.75 bits per heavy atom. The van der Waals surface area contributed by atoms with E-state index in [1.807, 2.05) is 71.0 Å². The summed E-state index contributed by atoms with van der Waals surface area (Å²) >= 11 is 0. The topological polar surface area (TPSA) is 76.1 Å². The van der Waals surface area contributed by atoms with Gasteiger partial charge in [-0.15, -0.1) is 0 Å². The lowest BCUT2D eigenvalue weighted by Gasteiger charge is -2.19. The standard InChI is InChI=1S/C22H26N4O2/c1-6-28-21-10-7-13(2)11-18(21)16(5)25-22(27)26-17-8-9-19-20(12-17)24-15(4)14(3)23-19/h7-12,16H,6H2,1-5H3,(H2,25,26,27). The maximum absolute atomic E-state index is 12.5. The number of nitrogens with zero attached hydrogens (tertiary/aromatic N) is 2. The number of carbonyl (C=O) groups is 1. The molecule has 2 N–H and O–H groups in total. The van der Waals surface area contributed by atoms with Gasteiger partial charge >= 0.3 is 6.03 Å². The Kier molecular flexibility index (Phi) is 5.78. The third-order valence-corrected chi connectivity index (χ3v) is 4.61. The fraction of sp³-hybridized carbons (Fsp3) is 0.318. The van der Waals surface area contributed by atoms with Crippen LogP contribution >= 0.6 is 0 Å². The van der Waals surface area contributed by atoms with Gasteiger partial charge in [0.1, 0.15) is 5.75 Å². The lowest BCUT2D eigenvalue weighted by molar-refractivity contribution is 0.249. The number of benzene rings is 2. The molecule has 146 valence electrons. The van der Waals surface area contributed by atoms with Gasteiger partial charge in [-0.05, 0) is 58.9 Å². The summed E-state index contributed by atoms with van der Waals surface area (Å²) in [7, 11) is 0. The predicted octanol–water partition coefficient (Wildman–Crippen LogP) is 4.84. The average Bonchev–Trinajstić information content (AvgIpc) is 2.64. The second-order valence-electron chi connectivity index (χ2n) is 6.89. The first-order chi connectivity index (χ1) is 13.4. The Morgan fingerprint density at radius 1 is 1.04 bits per heavy atom. The van der Waals surface area contributed by atoms with Crippen molar-refractivity contribution in [2.75, 3.05) is 11.9 Å². The molecule has 0 saturated carbocycles. The molecule has 0 bridgehead atoms. The van der Waals surface area contributed by atoms with Gasteiger partial charge in [-0.1, -0.05) is 17.7 Å². The molecule has 3 rings (SSSR count). The molecular formula is C22H26N4O2. The van der Waals surface area contributed by atoms with E-state index in [1.165, 1.54) is 0 Å². The van der Waals surface area contributed by atoms with Gasteiger partial charge in [0.25, 0.3) is 0 Å². The number of urea groups is 1. The van der Waals surface area contributed by atoms with Gasteiger partial charge in [0.2, 0.25) is 0 Å². The molecule has 0 spiro atoms. The number of fused-ring (bicyclic) bond motifs is 1. The molecular weight excluding hydrogens is 352 g/mol. The van der Waals surface area contributed by atoms with Crippen LogP contribution in [0.4, 0.5) is 10.5 Å². The maximum Gasteiger partial charge on any atom is 0.319 e. The van der Waals surface area contributed by atoms with E-state index in [2.05, 4.69) is 20.6 Å². The van der Waals surface area contributed by atoms with Gasteiger partial charge in [-0.25, -0.2) is 14.8 Å². The number of amides is 2. The molecule has 0 radical (unpaired) electrons. The first-order valence-electron chi connectivity index (χ1n) is 9.43. The van der Waals surface area contributed by atoms with Crippen LogP contribution in [0.1, 0.15) is 42.4 Å². The molecule has 2 amide bonds. The van der Waals surface area contributed by atoms with Crippen molar-refractivity contribution in [2.24, 2.45) is 0 Å². The number of aryl methyl sites for hydroxylation is 3. The first-order valence-corrected chi connectivity index (χ1v) is 9.43. The Labute approximate surface area is 165 Å². The number of aromatic nitrogens is 2. The second-order valence-corrected chi connectivity index (χ2v) is 6.89. The van der Waals surface area contributed by atoms with Crippen molar-refractivity contribution in [1.29, 1.82) is 0 Å². The van der Waals surface area contributed by atoms with Crippen LogP contribution in [0, 0.1) is 20.8 Å². The number of hydrogen-bond donors (Lipinski definition) is 2. The van der Waals surface area contributed by atoms with Crippen LogP contribution in [-0.2, 0) is 0 Å². The summed E-state index contributed by atoms with van der Waals surface area (Å²) < 4.78 is 5.70. The normalized spacial score (nSPS) is 11.9. The van der Waals surface area contributed by atoms with Gasteiger partial charge in [-0.3, -0.25) is 0 Å². The van der Waals surface area contributed by atoms with E-state index >= 15 is 0 Å². The van der Waals surface area contributed by atoms with Crippen molar-refractivity contribution in [1.82, 2.24) is 15.3 Å². The van der Waals surface area contributed by atoms with Gasteiger partial charge in [-0.2, -0.15) is 0 Å². The highest BCUT2D eigenvalue weighted by Crippen LogP contribution is 2.26. The van der Waals surface area contributed by atoms with E-state index in [9.17, 15) is 4.79 Å². The molecule has 0 aliphatic heterocycles. The predicted molar refractivity (Wildman–Crippen MR) is 112 cm³/mol. The Balaban J connectivity index is 1.74. The number of nitrogens with one attached hydrogen (secondary N) is 2. The van der Waals surface area contributed by atoms with Crippen molar-refractivity contribution in [2.45, 2.75) is 40.7 Å². The van der Waals surface area contributed by atoms with Crippen molar-refractivity contribution in [3.63, 3.8) is 0 Å². The third kappa shape index (κ3) is 4.39. The molecule has 1 heterocycles. The molecule has 1 aromatic heterocycles. The van der Waals surface area contributed by atoms with E-state index in [0.717, 1.165) is 39.3 Å². The number of ether oxygens (including phenoxy) is 1.